The lowest BCUT2D eigenvalue weighted by Gasteiger charge is -2.32. The van der Waals surface area contributed by atoms with Crippen LogP contribution in [0.4, 0.5) is 0 Å². The first-order valence-electron chi connectivity index (χ1n) is 6.51. The van der Waals surface area contributed by atoms with Crippen molar-refractivity contribution in [2.24, 2.45) is 0 Å². The number of amides is 1. The molecule has 0 saturated carbocycles. The summed E-state index contributed by atoms with van der Waals surface area (Å²) in [6.07, 6.45) is -0.214. The van der Waals surface area contributed by atoms with Crippen LogP contribution in [0.3, 0.4) is 0 Å². The molecule has 2 rings (SSSR count). The van der Waals surface area contributed by atoms with Gasteiger partial charge in [-0.05, 0) is 17.7 Å². The molecular weight excluding hydrogens is 299 g/mol. The normalized spacial score (nSPS) is 23.2. The third kappa shape index (κ3) is 3.44. The van der Waals surface area contributed by atoms with Crippen LogP contribution < -0.4 is 5.32 Å². The van der Waals surface area contributed by atoms with E-state index in [9.17, 15) is 4.79 Å². The van der Waals surface area contributed by atoms with E-state index in [0.29, 0.717) is 23.2 Å². The van der Waals surface area contributed by atoms with Gasteiger partial charge in [0.15, 0.2) is 0 Å². The van der Waals surface area contributed by atoms with Crippen LogP contribution in [-0.4, -0.2) is 43.6 Å². The third-order valence-corrected chi connectivity index (χ3v) is 4.28. The number of ether oxygens (including phenoxy) is 1. The number of hydrogen-bond acceptors (Lipinski definition) is 3. The van der Waals surface area contributed by atoms with E-state index in [4.69, 9.17) is 27.9 Å². The summed E-state index contributed by atoms with van der Waals surface area (Å²) >= 11 is 12.0. The van der Waals surface area contributed by atoms with Gasteiger partial charge in [0.25, 0.3) is 0 Å². The van der Waals surface area contributed by atoms with Crippen molar-refractivity contribution in [2.45, 2.75) is 19.1 Å². The summed E-state index contributed by atoms with van der Waals surface area (Å²) in [6.45, 7) is 3.59. The van der Waals surface area contributed by atoms with E-state index >= 15 is 0 Å². The average Bonchev–Trinajstić information content (AvgIpc) is 2.66. The van der Waals surface area contributed by atoms with Crippen LogP contribution in [0.25, 0.3) is 0 Å². The summed E-state index contributed by atoms with van der Waals surface area (Å²) in [5, 5.41) is 4.29. The fourth-order valence-corrected chi connectivity index (χ4v) is 2.61. The molecular formula is C14H18Cl2N2O2. The van der Waals surface area contributed by atoms with Crippen LogP contribution in [0.15, 0.2) is 18.2 Å². The molecule has 1 aliphatic heterocycles. The van der Waals surface area contributed by atoms with Gasteiger partial charge in [0.1, 0.15) is 6.10 Å². The minimum Gasteiger partial charge on any atom is -0.370 e. The zero-order valence-electron chi connectivity index (χ0n) is 11.5. The lowest BCUT2D eigenvalue weighted by molar-refractivity contribution is -0.132. The van der Waals surface area contributed by atoms with E-state index in [1.807, 2.05) is 6.07 Å². The van der Waals surface area contributed by atoms with E-state index < -0.39 is 0 Å². The molecule has 0 radical (unpaired) electrons. The third-order valence-electron chi connectivity index (χ3n) is 3.55. The van der Waals surface area contributed by atoms with E-state index in [1.165, 1.54) is 0 Å². The molecule has 1 aromatic rings. The molecule has 110 valence electrons. The molecule has 1 aromatic carbocycles. The van der Waals surface area contributed by atoms with Gasteiger partial charge >= 0.3 is 0 Å². The second-order valence-corrected chi connectivity index (χ2v) is 5.68. The summed E-state index contributed by atoms with van der Waals surface area (Å²) in [4.78, 5) is 13.3. The maximum absolute atomic E-state index is 11.6. The predicted octanol–water partition coefficient (Wildman–Crippen LogP) is 2.50. The lowest BCUT2D eigenvalue weighted by atomic mass is 10.0. The first kappa shape index (κ1) is 15.6. The molecule has 1 amide bonds. The molecule has 2 atom stereocenters. The summed E-state index contributed by atoms with van der Waals surface area (Å²) in [5.74, 6) is 0.00682. The van der Waals surface area contributed by atoms with Crippen molar-refractivity contribution in [1.82, 2.24) is 10.2 Å². The monoisotopic (exact) mass is 316 g/mol. The minimum absolute atomic E-state index is 0.00682. The van der Waals surface area contributed by atoms with Crippen molar-refractivity contribution < 1.29 is 9.53 Å². The van der Waals surface area contributed by atoms with Gasteiger partial charge in [0, 0.05) is 27.1 Å². The molecule has 6 heteroatoms. The maximum atomic E-state index is 11.6. The molecule has 1 fully saturated rings. The Labute approximate surface area is 129 Å². The smallest absolute Gasteiger partial charge is 0.219 e. The Kier molecular flexibility index (Phi) is 5.27. The SMILES string of the molecule is CC(=O)N(C)C1CNCCOC1c1ccc(Cl)c(Cl)c1. The van der Waals surface area contributed by atoms with Gasteiger partial charge in [0.2, 0.25) is 5.91 Å². The van der Waals surface area contributed by atoms with E-state index in [1.54, 1.807) is 31.0 Å². The number of halogens is 2. The van der Waals surface area contributed by atoms with Crippen molar-refractivity contribution in [3.8, 4) is 0 Å². The number of nitrogens with one attached hydrogen (secondary N) is 1. The molecule has 0 spiro atoms. The van der Waals surface area contributed by atoms with Gasteiger partial charge < -0.3 is 15.0 Å². The highest BCUT2D eigenvalue weighted by atomic mass is 35.5. The Morgan fingerprint density at radius 2 is 2.15 bits per heavy atom. The highest BCUT2D eigenvalue weighted by Crippen LogP contribution is 2.31. The van der Waals surface area contributed by atoms with Crippen LogP contribution >= 0.6 is 23.2 Å². The van der Waals surface area contributed by atoms with Crippen molar-refractivity contribution >= 4 is 29.1 Å². The highest BCUT2D eigenvalue weighted by molar-refractivity contribution is 6.42. The van der Waals surface area contributed by atoms with Gasteiger partial charge in [-0.15, -0.1) is 0 Å². The number of nitrogens with zero attached hydrogens (tertiary/aromatic N) is 1. The lowest BCUT2D eigenvalue weighted by Crippen LogP contribution is -2.45. The van der Waals surface area contributed by atoms with Gasteiger partial charge in [-0.2, -0.15) is 0 Å². The fraction of sp³-hybridized carbons (Fsp3) is 0.500. The topological polar surface area (TPSA) is 41.6 Å². The number of carbonyl (C=O) groups excluding carboxylic acids is 1. The Bertz CT molecular complexity index is 496. The van der Waals surface area contributed by atoms with E-state index in [0.717, 1.165) is 12.1 Å². The Morgan fingerprint density at radius 1 is 1.40 bits per heavy atom. The number of hydrogen-bond donors (Lipinski definition) is 1. The largest absolute Gasteiger partial charge is 0.370 e. The second kappa shape index (κ2) is 6.76. The van der Waals surface area contributed by atoms with Gasteiger partial charge in [0.05, 0.1) is 22.7 Å². The van der Waals surface area contributed by atoms with Gasteiger partial charge in [-0.1, -0.05) is 29.3 Å². The van der Waals surface area contributed by atoms with Crippen LogP contribution in [0.5, 0.6) is 0 Å². The van der Waals surface area contributed by atoms with E-state index in [-0.39, 0.29) is 18.1 Å². The molecule has 0 bridgehead atoms. The maximum Gasteiger partial charge on any atom is 0.219 e. The molecule has 1 aliphatic rings. The average molecular weight is 317 g/mol. The first-order chi connectivity index (χ1) is 9.50. The van der Waals surface area contributed by atoms with Crippen molar-refractivity contribution in [3.63, 3.8) is 0 Å². The summed E-state index contributed by atoms with van der Waals surface area (Å²) in [6, 6.07) is 5.38. The van der Waals surface area contributed by atoms with Crippen LogP contribution in [0.1, 0.15) is 18.6 Å². The molecule has 0 aliphatic carbocycles. The van der Waals surface area contributed by atoms with Crippen LogP contribution in [0, 0.1) is 0 Å². The number of likely N-dealkylation sites (N-methyl/N-ethyl adjacent to an activating group) is 1. The zero-order chi connectivity index (χ0) is 14.7. The van der Waals surface area contributed by atoms with Crippen molar-refractivity contribution in [3.05, 3.63) is 33.8 Å². The Morgan fingerprint density at radius 3 is 2.80 bits per heavy atom. The van der Waals surface area contributed by atoms with Gasteiger partial charge in [-0.3, -0.25) is 4.79 Å². The minimum atomic E-state index is -0.214. The highest BCUT2D eigenvalue weighted by Gasteiger charge is 2.30. The van der Waals surface area contributed by atoms with Crippen molar-refractivity contribution in [2.75, 3.05) is 26.7 Å². The van der Waals surface area contributed by atoms with Crippen molar-refractivity contribution in [1.29, 1.82) is 0 Å². The Balaban J connectivity index is 2.32. The number of rotatable bonds is 2. The molecule has 1 N–H and O–H groups in total. The molecule has 1 heterocycles. The Hall–Kier alpha value is -0.810. The van der Waals surface area contributed by atoms with E-state index in [2.05, 4.69) is 5.32 Å². The summed E-state index contributed by atoms with van der Waals surface area (Å²) < 4.78 is 5.91. The fourth-order valence-electron chi connectivity index (χ4n) is 2.31. The van der Waals surface area contributed by atoms with Gasteiger partial charge in [-0.25, -0.2) is 0 Å². The molecule has 1 saturated heterocycles. The molecule has 4 nitrogen and oxygen atoms in total. The molecule has 2 unspecified atom stereocenters. The first-order valence-corrected chi connectivity index (χ1v) is 7.27. The second-order valence-electron chi connectivity index (χ2n) is 4.87. The molecule has 20 heavy (non-hydrogen) atoms. The quantitative estimate of drug-likeness (QED) is 0.911. The van der Waals surface area contributed by atoms with Crippen LogP contribution in [0.2, 0.25) is 10.0 Å². The standard InChI is InChI=1S/C14H18Cl2N2O2/c1-9(19)18(2)13-8-17-5-6-20-14(13)10-3-4-11(15)12(16)7-10/h3-4,7,13-14,17H,5-6,8H2,1-2H3. The zero-order valence-corrected chi connectivity index (χ0v) is 13.0. The number of benzene rings is 1. The summed E-state index contributed by atoms with van der Waals surface area (Å²) in [5.41, 5.74) is 0.932. The number of carbonyl (C=O) groups is 1. The predicted molar refractivity (Wildman–Crippen MR) is 80.3 cm³/mol. The summed E-state index contributed by atoms with van der Waals surface area (Å²) in [7, 11) is 1.79. The van der Waals surface area contributed by atoms with Crippen LogP contribution in [-0.2, 0) is 9.53 Å². The molecule has 0 aromatic heterocycles.